The van der Waals surface area contributed by atoms with E-state index in [-0.39, 0.29) is 24.2 Å². The number of aliphatic carboxylic acids is 1. The van der Waals surface area contributed by atoms with Gasteiger partial charge in [-0.15, -0.1) is 0 Å². The number of anilines is 1. The first kappa shape index (κ1) is 20.5. The van der Waals surface area contributed by atoms with Gasteiger partial charge in [0.1, 0.15) is 6.04 Å². The summed E-state index contributed by atoms with van der Waals surface area (Å²) in [6.45, 7) is 3.67. The molecule has 3 N–H and O–H groups in total. The van der Waals surface area contributed by atoms with Crippen LogP contribution in [0.15, 0.2) is 48.5 Å². The van der Waals surface area contributed by atoms with Crippen LogP contribution in [-0.2, 0) is 16.0 Å². The minimum Gasteiger partial charge on any atom is -0.481 e. The number of amides is 2. The Balaban J connectivity index is 2.04. The molecule has 0 heterocycles. The monoisotopic (exact) mass is 388 g/mol. The standard InChI is InChI=1S/C20H21ClN2O4/c1-12(2)18(23-19(26)14-5-7-15(21)8-6-14)20(27)22-16-9-3-13(4-10-16)11-17(24)25/h3-10,12,18H,11H2,1-2H3,(H,22,27)(H,23,26)(H,24,25). The Kier molecular flexibility index (Phi) is 6.96. The molecule has 142 valence electrons. The van der Waals surface area contributed by atoms with Crippen LogP contribution in [-0.4, -0.2) is 28.9 Å². The van der Waals surface area contributed by atoms with E-state index in [4.69, 9.17) is 16.7 Å². The summed E-state index contributed by atoms with van der Waals surface area (Å²) in [7, 11) is 0. The maximum Gasteiger partial charge on any atom is 0.307 e. The first-order chi connectivity index (χ1) is 12.8. The fraction of sp³-hybridized carbons (Fsp3) is 0.250. The third-order valence-corrected chi connectivity index (χ3v) is 4.17. The molecule has 1 unspecified atom stereocenters. The smallest absolute Gasteiger partial charge is 0.307 e. The van der Waals surface area contributed by atoms with Crippen molar-refractivity contribution in [1.82, 2.24) is 5.32 Å². The van der Waals surface area contributed by atoms with Gasteiger partial charge in [0.15, 0.2) is 0 Å². The number of hydrogen-bond donors (Lipinski definition) is 3. The van der Waals surface area contributed by atoms with E-state index >= 15 is 0 Å². The van der Waals surface area contributed by atoms with Crippen molar-refractivity contribution in [2.45, 2.75) is 26.3 Å². The molecule has 2 aromatic carbocycles. The predicted molar refractivity (Wildman–Crippen MR) is 104 cm³/mol. The van der Waals surface area contributed by atoms with E-state index in [2.05, 4.69) is 10.6 Å². The van der Waals surface area contributed by atoms with Gasteiger partial charge in [0.2, 0.25) is 5.91 Å². The van der Waals surface area contributed by atoms with Crippen LogP contribution in [0.3, 0.4) is 0 Å². The number of carboxylic acids is 1. The average molecular weight is 389 g/mol. The summed E-state index contributed by atoms with van der Waals surface area (Å²) in [6, 6.07) is 12.2. The number of carboxylic acid groups (broad SMARTS) is 1. The van der Waals surface area contributed by atoms with Gasteiger partial charge in [-0.1, -0.05) is 37.6 Å². The van der Waals surface area contributed by atoms with Crippen molar-refractivity contribution in [1.29, 1.82) is 0 Å². The van der Waals surface area contributed by atoms with E-state index in [0.29, 0.717) is 21.8 Å². The number of carbonyl (C=O) groups is 3. The maximum atomic E-state index is 12.6. The number of halogens is 1. The van der Waals surface area contributed by atoms with E-state index < -0.39 is 12.0 Å². The summed E-state index contributed by atoms with van der Waals surface area (Å²) in [5.41, 5.74) is 1.58. The summed E-state index contributed by atoms with van der Waals surface area (Å²) in [4.78, 5) is 35.7. The molecule has 0 fully saturated rings. The van der Waals surface area contributed by atoms with Gasteiger partial charge in [0.05, 0.1) is 6.42 Å². The van der Waals surface area contributed by atoms with Crippen molar-refractivity contribution in [3.8, 4) is 0 Å². The molecular weight excluding hydrogens is 368 g/mol. The average Bonchev–Trinajstić information content (AvgIpc) is 2.61. The number of rotatable bonds is 7. The maximum absolute atomic E-state index is 12.6. The van der Waals surface area contributed by atoms with Crippen LogP contribution in [0, 0.1) is 5.92 Å². The third-order valence-electron chi connectivity index (χ3n) is 3.92. The van der Waals surface area contributed by atoms with Gasteiger partial charge in [-0.25, -0.2) is 0 Å². The molecule has 1 atom stereocenters. The van der Waals surface area contributed by atoms with E-state index in [1.54, 1.807) is 48.5 Å². The third kappa shape index (κ3) is 6.11. The normalized spacial score (nSPS) is 11.7. The summed E-state index contributed by atoms with van der Waals surface area (Å²) >= 11 is 5.82. The molecule has 0 aliphatic carbocycles. The Bertz CT molecular complexity index is 817. The molecule has 2 aromatic rings. The lowest BCUT2D eigenvalue weighted by Gasteiger charge is -2.22. The fourth-order valence-corrected chi connectivity index (χ4v) is 2.59. The summed E-state index contributed by atoms with van der Waals surface area (Å²) in [5.74, 6) is -1.76. The Hall–Kier alpha value is -2.86. The first-order valence-electron chi connectivity index (χ1n) is 8.44. The van der Waals surface area contributed by atoms with Crippen LogP contribution >= 0.6 is 11.6 Å². The largest absolute Gasteiger partial charge is 0.481 e. The Morgan fingerprint density at radius 1 is 1.00 bits per heavy atom. The van der Waals surface area contributed by atoms with Gasteiger partial charge in [-0.3, -0.25) is 14.4 Å². The van der Waals surface area contributed by atoms with Crippen molar-refractivity contribution in [2.24, 2.45) is 5.92 Å². The van der Waals surface area contributed by atoms with Crippen LogP contribution in [0.2, 0.25) is 5.02 Å². The minimum absolute atomic E-state index is 0.0833. The van der Waals surface area contributed by atoms with Crippen LogP contribution in [0.25, 0.3) is 0 Å². The van der Waals surface area contributed by atoms with Gasteiger partial charge >= 0.3 is 5.97 Å². The summed E-state index contributed by atoms with van der Waals surface area (Å²) in [6.07, 6.45) is -0.0833. The molecular formula is C20H21ClN2O4. The van der Waals surface area contributed by atoms with Crippen LogP contribution < -0.4 is 10.6 Å². The number of benzene rings is 2. The first-order valence-corrected chi connectivity index (χ1v) is 8.82. The highest BCUT2D eigenvalue weighted by molar-refractivity contribution is 6.30. The molecule has 0 aliphatic rings. The lowest BCUT2D eigenvalue weighted by molar-refractivity contribution is -0.136. The SMILES string of the molecule is CC(C)C(NC(=O)c1ccc(Cl)cc1)C(=O)Nc1ccc(CC(=O)O)cc1. The Morgan fingerprint density at radius 3 is 2.11 bits per heavy atom. The molecule has 2 amide bonds. The molecule has 0 radical (unpaired) electrons. The highest BCUT2D eigenvalue weighted by Gasteiger charge is 2.24. The van der Waals surface area contributed by atoms with E-state index in [0.717, 1.165) is 0 Å². The molecule has 6 nitrogen and oxygen atoms in total. The van der Waals surface area contributed by atoms with Crippen molar-refractivity contribution in [3.05, 3.63) is 64.7 Å². The Morgan fingerprint density at radius 2 is 1.59 bits per heavy atom. The van der Waals surface area contributed by atoms with Crippen molar-refractivity contribution in [2.75, 3.05) is 5.32 Å². The molecule has 0 spiro atoms. The second-order valence-electron chi connectivity index (χ2n) is 6.46. The topological polar surface area (TPSA) is 95.5 Å². The zero-order chi connectivity index (χ0) is 20.0. The van der Waals surface area contributed by atoms with E-state index in [9.17, 15) is 14.4 Å². The molecule has 2 rings (SSSR count). The second kappa shape index (κ2) is 9.19. The van der Waals surface area contributed by atoms with Crippen molar-refractivity contribution < 1.29 is 19.5 Å². The second-order valence-corrected chi connectivity index (χ2v) is 6.90. The van der Waals surface area contributed by atoms with Gasteiger partial charge in [0.25, 0.3) is 5.91 Å². The van der Waals surface area contributed by atoms with E-state index in [1.165, 1.54) is 0 Å². The van der Waals surface area contributed by atoms with E-state index in [1.807, 2.05) is 13.8 Å². The van der Waals surface area contributed by atoms with Crippen LogP contribution in [0.4, 0.5) is 5.69 Å². The minimum atomic E-state index is -0.920. The zero-order valence-electron chi connectivity index (χ0n) is 15.0. The lowest BCUT2D eigenvalue weighted by Crippen LogP contribution is -2.47. The van der Waals surface area contributed by atoms with Crippen molar-refractivity contribution in [3.63, 3.8) is 0 Å². The molecule has 7 heteroatoms. The number of carbonyl (C=O) groups excluding carboxylic acids is 2. The molecule has 0 saturated carbocycles. The molecule has 0 bridgehead atoms. The van der Waals surface area contributed by atoms with Gasteiger partial charge < -0.3 is 15.7 Å². The predicted octanol–water partition coefficient (Wildman–Crippen LogP) is 3.36. The van der Waals surface area contributed by atoms with Crippen LogP contribution in [0.1, 0.15) is 29.8 Å². The molecule has 0 saturated heterocycles. The Labute approximate surface area is 162 Å². The highest BCUT2D eigenvalue weighted by Crippen LogP contribution is 2.14. The molecule has 27 heavy (non-hydrogen) atoms. The molecule has 0 aromatic heterocycles. The van der Waals surface area contributed by atoms with Gasteiger partial charge in [0, 0.05) is 16.3 Å². The fourth-order valence-electron chi connectivity index (χ4n) is 2.46. The van der Waals surface area contributed by atoms with Gasteiger partial charge in [-0.05, 0) is 47.9 Å². The highest BCUT2D eigenvalue weighted by atomic mass is 35.5. The number of nitrogens with one attached hydrogen (secondary N) is 2. The van der Waals surface area contributed by atoms with Gasteiger partial charge in [-0.2, -0.15) is 0 Å². The molecule has 0 aliphatic heterocycles. The lowest BCUT2D eigenvalue weighted by atomic mass is 10.0. The summed E-state index contributed by atoms with van der Waals surface area (Å²) < 4.78 is 0. The number of hydrogen-bond acceptors (Lipinski definition) is 3. The zero-order valence-corrected chi connectivity index (χ0v) is 15.8. The van der Waals surface area contributed by atoms with Crippen LogP contribution in [0.5, 0.6) is 0 Å². The van der Waals surface area contributed by atoms with Crippen molar-refractivity contribution >= 4 is 35.1 Å². The quantitative estimate of drug-likeness (QED) is 0.677. The summed E-state index contributed by atoms with van der Waals surface area (Å²) in [5, 5.41) is 14.8.